The number of ether oxygens (including phenoxy) is 1. The zero-order chi connectivity index (χ0) is 13.8. The highest BCUT2D eigenvalue weighted by molar-refractivity contribution is 5.22. The lowest BCUT2D eigenvalue weighted by Gasteiger charge is -2.29. The molecule has 3 rings (SSSR count). The number of aliphatic hydroxyl groups excluding tert-OH is 1. The van der Waals surface area contributed by atoms with Crippen LogP contribution in [0.5, 0.6) is 5.75 Å². The molecule has 2 fully saturated rings. The van der Waals surface area contributed by atoms with Gasteiger partial charge in [0.25, 0.3) is 0 Å². The number of para-hydroxylation sites is 1. The Labute approximate surface area is 121 Å². The maximum Gasteiger partial charge on any atom is 0.119 e. The van der Waals surface area contributed by atoms with E-state index in [2.05, 4.69) is 0 Å². The fraction of sp³-hybridized carbons (Fsp3) is 0.556. The molecule has 0 saturated heterocycles. The van der Waals surface area contributed by atoms with Gasteiger partial charge in [-0.05, 0) is 63.5 Å². The third-order valence-electron chi connectivity index (χ3n) is 4.64. The molecular formula is C18H24O2. The fourth-order valence-corrected chi connectivity index (χ4v) is 3.41. The van der Waals surface area contributed by atoms with E-state index in [1.165, 1.54) is 12.8 Å². The predicted molar refractivity (Wildman–Crippen MR) is 80.8 cm³/mol. The summed E-state index contributed by atoms with van der Waals surface area (Å²) >= 11 is 0. The molecule has 2 saturated carbocycles. The van der Waals surface area contributed by atoms with E-state index in [0.717, 1.165) is 44.3 Å². The third-order valence-corrected chi connectivity index (χ3v) is 4.64. The normalized spacial score (nSPS) is 27.4. The van der Waals surface area contributed by atoms with Gasteiger partial charge in [0.15, 0.2) is 0 Å². The molecule has 2 nitrogen and oxygen atoms in total. The smallest absolute Gasteiger partial charge is 0.119 e. The number of allylic oxidation sites excluding steroid dienone is 2. The number of hydrogen-bond acceptors (Lipinski definition) is 2. The Morgan fingerprint density at radius 3 is 1.95 bits per heavy atom. The first kappa shape index (κ1) is 13.7. The lowest BCUT2D eigenvalue weighted by molar-refractivity contribution is 0.141. The summed E-state index contributed by atoms with van der Waals surface area (Å²) in [5.74, 6) is 0.995. The van der Waals surface area contributed by atoms with Gasteiger partial charge in [-0.15, -0.1) is 0 Å². The van der Waals surface area contributed by atoms with Crippen LogP contribution in [0.3, 0.4) is 0 Å². The lowest BCUT2D eigenvalue weighted by atomic mass is 9.82. The van der Waals surface area contributed by atoms with Crippen LogP contribution in [0.2, 0.25) is 0 Å². The predicted octanol–water partition coefficient (Wildman–Crippen LogP) is 4.24. The molecule has 0 aliphatic heterocycles. The summed E-state index contributed by atoms with van der Waals surface area (Å²) in [5, 5.41) is 9.59. The van der Waals surface area contributed by atoms with E-state index < -0.39 is 0 Å². The highest BCUT2D eigenvalue weighted by Gasteiger charge is 2.22. The summed E-state index contributed by atoms with van der Waals surface area (Å²) in [7, 11) is 0. The van der Waals surface area contributed by atoms with Gasteiger partial charge in [-0.3, -0.25) is 0 Å². The van der Waals surface area contributed by atoms with Gasteiger partial charge in [0.1, 0.15) is 5.75 Å². The van der Waals surface area contributed by atoms with E-state index in [9.17, 15) is 5.11 Å². The molecule has 1 aromatic carbocycles. The molecule has 0 aromatic heterocycles. The summed E-state index contributed by atoms with van der Waals surface area (Å²) in [6.07, 6.45) is 9.10. The van der Waals surface area contributed by atoms with Crippen molar-refractivity contribution in [3.63, 3.8) is 0 Å². The number of benzene rings is 1. The number of rotatable bonds is 2. The molecule has 0 unspecified atom stereocenters. The monoisotopic (exact) mass is 272 g/mol. The van der Waals surface area contributed by atoms with Crippen LogP contribution >= 0.6 is 0 Å². The molecule has 1 aromatic rings. The van der Waals surface area contributed by atoms with Crippen molar-refractivity contribution in [1.29, 1.82) is 0 Å². The van der Waals surface area contributed by atoms with E-state index >= 15 is 0 Å². The van der Waals surface area contributed by atoms with E-state index in [-0.39, 0.29) is 6.10 Å². The minimum absolute atomic E-state index is 0.0582. The van der Waals surface area contributed by atoms with Crippen molar-refractivity contribution in [3.8, 4) is 5.75 Å². The van der Waals surface area contributed by atoms with E-state index in [0.29, 0.717) is 6.10 Å². The van der Waals surface area contributed by atoms with Crippen molar-refractivity contribution in [1.82, 2.24) is 0 Å². The van der Waals surface area contributed by atoms with Crippen LogP contribution < -0.4 is 4.74 Å². The summed E-state index contributed by atoms with van der Waals surface area (Å²) in [6.45, 7) is 0. The van der Waals surface area contributed by atoms with Crippen molar-refractivity contribution in [2.45, 2.75) is 63.6 Å². The van der Waals surface area contributed by atoms with Crippen molar-refractivity contribution < 1.29 is 9.84 Å². The van der Waals surface area contributed by atoms with Gasteiger partial charge in [0, 0.05) is 0 Å². The van der Waals surface area contributed by atoms with Crippen molar-refractivity contribution in [2.75, 3.05) is 0 Å². The summed E-state index contributed by atoms with van der Waals surface area (Å²) in [5.41, 5.74) is 3.29. The molecule has 2 aliphatic carbocycles. The first-order valence-corrected chi connectivity index (χ1v) is 7.91. The highest BCUT2D eigenvalue weighted by Crippen LogP contribution is 2.34. The lowest BCUT2D eigenvalue weighted by Crippen LogP contribution is -2.22. The Morgan fingerprint density at radius 1 is 0.800 bits per heavy atom. The second-order valence-corrected chi connectivity index (χ2v) is 6.07. The van der Waals surface area contributed by atoms with Crippen LogP contribution in [0, 0.1) is 0 Å². The topological polar surface area (TPSA) is 29.5 Å². The van der Waals surface area contributed by atoms with Crippen LogP contribution in [0.15, 0.2) is 41.5 Å². The zero-order valence-electron chi connectivity index (χ0n) is 12.1. The molecule has 20 heavy (non-hydrogen) atoms. The van der Waals surface area contributed by atoms with Crippen molar-refractivity contribution in [3.05, 3.63) is 41.5 Å². The van der Waals surface area contributed by atoms with Crippen molar-refractivity contribution >= 4 is 0 Å². The van der Waals surface area contributed by atoms with E-state index in [1.54, 1.807) is 11.1 Å². The highest BCUT2D eigenvalue weighted by atomic mass is 16.5. The molecular weight excluding hydrogens is 248 g/mol. The minimum Gasteiger partial charge on any atom is -0.490 e. The molecule has 0 spiro atoms. The van der Waals surface area contributed by atoms with Crippen LogP contribution in [-0.4, -0.2) is 17.3 Å². The summed E-state index contributed by atoms with van der Waals surface area (Å²) < 4.78 is 6.05. The van der Waals surface area contributed by atoms with Gasteiger partial charge in [-0.2, -0.15) is 0 Å². The van der Waals surface area contributed by atoms with Crippen LogP contribution in [0.4, 0.5) is 0 Å². The molecule has 1 N–H and O–H groups in total. The van der Waals surface area contributed by atoms with Crippen LogP contribution in [0.1, 0.15) is 51.4 Å². The average Bonchev–Trinajstić information content (AvgIpc) is 2.50. The standard InChI is InChI=1S/C18H24O2/c19-16-10-6-14(7-11-16)15-8-12-18(13-9-15)20-17-4-2-1-3-5-17/h1-5,16,18-19H,6-13H2. The van der Waals surface area contributed by atoms with Gasteiger partial charge in [0.2, 0.25) is 0 Å². The second kappa shape index (κ2) is 6.45. The van der Waals surface area contributed by atoms with Gasteiger partial charge in [0.05, 0.1) is 12.2 Å². The SMILES string of the molecule is OC1CCC(=C2CCC(Oc3ccccc3)CC2)CC1. The maximum absolute atomic E-state index is 9.59. The Kier molecular flexibility index (Phi) is 4.41. The Hall–Kier alpha value is -1.28. The Morgan fingerprint density at radius 2 is 1.35 bits per heavy atom. The van der Waals surface area contributed by atoms with Crippen LogP contribution in [0.25, 0.3) is 0 Å². The van der Waals surface area contributed by atoms with Crippen molar-refractivity contribution in [2.24, 2.45) is 0 Å². The molecule has 0 radical (unpaired) electrons. The molecule has 108 valence electrons. The first-order valence-electron chi connectivity index (χ1n) is 7.91. The van der Waals surface area contributed by atoms with E-state index in [1.807, 2.05) is 30.3 Å². The first-order chi connectivity index (χ1) is 9.81. The summed E-state index contributed by atoms with van der Waals surface area (Å²) in [4.78, 5) is 0. The largest absolute Gasteiger partial charge is 0.490 e. The maximum atomic E-state index is 9.59. The molecule has 0 bridgehead atoms. The fourth-order valence-electron chi connectivity index (χ4n) is 3.41. The third kappa shape index (κ3) is 3.43. The Balaban J connectivity index is 1.53. The van der Waals surface area contributed by atoms with Crippen LogP contribution in [-0.2, 0) is 0 Å². The zero-order valence-corrected chi connectivity index (χ0v) is 12.1. The minimum atomic E-state index is -0.0582. The second-order valence-electron chi connectivity index (χ2n) is 6.07. The average molecular weight is 272 g/mol. The van der Waals surface area contributed by atoms with Gasteiger partial charge in [-0.1, -0.05) is 29.3 Å². The summed E-state index contributed by atoms with van der Waals surface area (Å²) in [6, 6.07) is 10.2. The molecule has 0 amide bonds. The molecule has 0 heterocycles. The quantitative estimate of drug-likeness (QED) is 0.816. The molecule has 2 aliphatic rings. The number of aliphatic hydroxyl groups is 1. The molecule has 2 heteroatoms. The molecule has 0 atom stereocenters. The number of hydrogen-bond donors (Lipinski definition) is 1. The Bertz CT molecular complexity index is 444. The van der Waals surface area contributed by atoms with Gasteiger partial charge in [-0.25, -0.2) is 0 Å². The van der Waals surface area contributed by atoms with Gasteiger partial charge >= 0.3 is 0 Å². The van der Waals surface area contributed by atoms with E-state index in [4.69, 9.17) is 4.74 Å². The van der Waals surface area contributed by atoms with Gasteiger partial charge < -0.3 is 9.84 Å².